The van der Waals surface area contributed by atoms with E-state index >= 15 is 0 Å². The molecular weight excluding hydrogens is 264 g/mol. The van der Waals surface area contributed by atoms with E-state index in [1.54, 1.807) is 0 Å². The van der Waals surface area contributed by atoms with Gasteiger partial charge in [-0.05, 0) is 69.3 Å². The lowest BCUT2D eigenvalue weighted by Crippen LogP contribution is -2.49. The summed E-state index contributed by atoms with van der Waals surface area (Å²) in [5.41, 5.74) is 1.18. The van der Waals surface area contributed by atoms with Crippen molar-refractivity contribution >= 4 is 23.0 Å². The molecule has 108 valence electrons. The van der Waals surface area contributed by atoms with Crippen LogP contribution in [-0.4, -0.2) is 17.2 Å². The minimum atomic E-state index is 0.371. The quantitative estimate of drug-likeness (QED) is 0.847. The van der Waals surface area contributed by atoms with Crippen LogP contribution in [-0.2, 0) is 0 Å². The molecule has 0 amide bonds. The van der Waals surface area contributed by atoms with Crippen LogP contribution in [0.5, 0.6) is 0 Å². The van der Waals surface area contributed by atoms with E-state index in [4.69, 9.17) is 12.2 Å². The van der Waals surface area contributed by atoms with E-state index in [0.29, 0.717) is 12.1 Å². The third-order valence-corrected chi connectivity index (χ3v) is 5.13. The Morgan fingerprint density at radius 2 is 1.95 bits per heavy atom. The molecule has 2 bridgehead atoms. The first-order valence-corrected chi connectivity index (χ1v) is 8.20. The third-order valence-electron chi connectivity index (χ3n) is 4.82. The van der Waals surface area contributed by atoms with Crippen LogP contribution in [0.15, 0.2) is 30.3 Å². The molecule has 0 saturated heterocycles. The number of benzene rings is 1. The van der Waals surface area contributed by atoms with Gasteiger partial charge in [-0.2, -0.15) is 0 Å². The average Bonchev–Trinajstić information content (AvgIpc) is 3.02. The molecule has 2 fully saturated rings. The zero-order valence-corrected chi connectivity index (χ0v) is 13.2. The van der Waals surface area contributed by atoms with E-state index < -0.39 is 0 Å². The lowest BCUT2D eigenvalue weighted by atomic mass is 9.95. The Balaban J connectivity index is 1.70. The summed E-state index contributed by atoms with van der Waals surface area (Å²) in [6.45, 7) is 4.39. The minimum Gasteiger partial charge on any atom is -0.359 e. The molecule has 2 saturated carbocycles. The molecule has 20 heavy (non-hydrogen) atoms. The van der Waals surface area contributed by atoms with Gasteiger partial charge < -0.3 is 10.2 Å². The molecule has 0 aliphatic heterocycles. The van der Waals surface area contributed by atoms with E-state index in [-0.39, 0.29) is 0 Å². The highest BCUT2D eigenvalue weighted by atomic mass is 32.1. The molecule has 0 aromatic heterocycles. The number of thiocarbonyl (C=S) groups is 1. The fraction of sp³-hybridized carbons (Fsp3) is 0.588. The van der Waals surface area contributed by atoms with Crippen LogP contribution in [0.3, 0.4) is 0 Å². The van der Waals surface area contributed by atoms with Crippen molar-refractivity contribution in [1.29, 1.82) is 0 Å². The largest absolute Gasteiger partial charge is 0.359 e. The molecular formula is C17H24N2S. The molecule has 0 spiro atoms. The topological polar surface area (TPSA) is 15.3 Å². The van der Waals surface area contributed by atoms with Gasteiger partial charge >= 0.3 is 0 Å². The smallest absolute Gasteiger partial charge is 0.173 e. The number of anilines is 1. The second-order valence-corrected chi connectivity index (χ2v) is 6.92. The van der Waals surface area contributed by atoms with Crippen LogP contribution < -0.4 is 10.2 Å². The van der Waals surface area contributed by atoms with Gasteiger partial charge in [0.05, 0.1) is 0 Å². The van der Waals surface area contributed by atoms with Crippen molar-refractivity contribution in [1.82, 2.24) is 5.32 Å². The van der Waals surface area contributed by atoms with Crippen LogP contribution in [0, 0.1) is 11.8 Å². The zero-order valence-electron chi connectivity index (χ0n) is 12.4. The molecule has 2 aliphatic carbocycles. The van der Waals surface area contributed by atoms with Gasteiger partial charge in [0.25, 0.3) is 0 Å². The van der Waals surface area contributed by atoms with Crippen LogP contribution in [0.1, 0.15) is 39.5 Å². The number of hydrogen-bond donors (Lipinski definition) is 1. The van der Waals surface area contributed by atoms with Gasteiger partial charge in [-0.25, -0.2) is 0 Å². The lowest BCUT2D eigenvalue weighted by Gasteiger charge is -2.33. The van der Waals surface area contributed by atoms with Gasteiger partial charge in [-0.15, -0.1) is 0 Å². The van der Waals surface area contributed by atoms with Crippen molar-refractivity contribution in [2.45, 2.75) is 51.6 Å². The number of fused-ring (bicyclic) bond motifs is 2. The summed E-state index contributed by atoms with van der Waals surface area (Å²) in [7, 11) is 0. The second kappa shape index (κ2) is 5.72. The van der Waals surface area contributed by atoms with Gasteiger partial charge in [0.2, 0.25) is 0 Å². The van der Waals surface area contributed by atoms with Gasteiger partial charge in [-0.3, -0.25) is 0 Å². The van der Waals surface area contributed by atoms with Crippen molar-refractivity contribution in [2.75, 3.05) is 4.90 Å². The van der Waals surface area contributed by atoms with Crippen LogP contribution in [0.25, 0.3) is 0 Å². The van der Waals surface area contributed by atoms with Crippen molar-refractivity contribution in [3.63, 3.8) is 0 Å². The lowest BCUT2D eigenvalue weighted by molar-refractivity contribution is 0.390. The zero-order chi connectivity index (χ0) is 14.1. The fourth-order valence-electron chi connectivity index (χ4n) is 3.89. The van der Waals surface area contributed by atoms with E-state index in [9.17, 15) is 0 Å². The van der Waals surface area contributed by atoms with E-state index in [0.717, 1.165) is 16.9 Å². The molecule has 3 rings (SSSR count). The first-order chi connectivity index (χ1) is 9.65. The number of para-hydroxylation sites is 1. The Morgan fingerprint density at radius 3 is 2.50 bits per heavy atom. The molecule has 3 unspecified atom stereocenters. The summed E-state index contributed by atoms with van der Waals surface area (Å²) in [6, 6.07) is 11.4. The number of nitrogens with one attached hydrogen (secondary N) is 1. The summed E-state index contributed by atoms with van der Waals surface area (Å²) in [5.74, 6) is 1.80. The van der Waals surface area contributed by atoms with Gasteiger partial charge in [-0.1, -0.05) is 24.6 Å². The summed E-state index contributed by atoms with van der Waals surface area (Å²) in [5, 5.41) is 4.54. The molecule has 2 nitrogen and oxygen atoms in total. The Hall–Kier alpha value is -1.09. The van der Waals surface area contributed by atoms with Crippen LogP contribution in [0.2, 0.25) is 0 Å². The maximum atomic E-state index is 5.70. The van der Waals surface area contributed by atoms with Crippen LogP contribution >= 0.6 is 12.2 Å². The minimum absolute atomic E-state index is 0.371. The molecule has 1 aromatic carbocycles. The summed E-state index contributed by atoms with van der Waals surface area (Å²) >= 11 is 5.70. The van der Waals surface area contributed by atoms with Gasteiger partial charge in [0.15, 0.2) is 5.11 Å². The molecule has 2 aliphatic rings. The Kier molecular flexibility index (Phi) is 3.97. The maximum absolute atomic E-state index is 5.70. The monoisotopic (exact) mass is 288 g/mol. The van der Waals surface area contributed by atoms with Gasteiger partial charge in [0, 0.05) is 17.8 Å². The van der Waals surface area contributed by atoms with Crippen molar-refractivity contribution in [3.8, 4) is 0 Å². The highest BCUT2D eigenvalue weighted by Gasteiger charge is 2.40. The highest BCUT2D eigenvalue weighted by Crippen LogP contribution is 2.44. The normalized spacial score (nSPS) is 27.9. The second-order valence-electron chi connectivity index (χ2n) is 6.53. The Morgan fingerprint density at radius 1 is 1.20 bits per heavy atom. The van der Waals surface area contributed by atoms with Crippen LogP contribution in [0.4, 0.5) is 5.69 Å². The molecule has 3 heteroatoms. The SMILES string of the molecule is CC(C)N(C(=S)NC1CC2CCC1C2)c1ccccc1. The Labute approximate surface area is 127 Å². The maximum Gasteiger partial charge on any atom is 0.173 e. The molecule has 0 radical (unpaired) electrons. The fourth-order valence-corrected chi connectivity index (χ4v) is 4.36. The first kappa shape index (κ1) is 13.9. The number of nitrogens with zero attached hydrogens (tertiary/aromatic N) is 1. The highest BCUT2D eigenvalue weighted by molar-refractivity contribution is 7.80. The molecule has 0 heterocycles. The Bertz CT molecular complexity index is 471. The molecule has 1 N–H and O–H groups in total. The summed E-state index contributed by atoms with van der Waals surface area (Å²) in [6.07, 6.45) is 5.54. The summed E-state index contributed by atoms with van der Waals surface area (Å²) < 4.78 is 0. The number of hydrogen-bond acceptors (Lipinski definition) is 1. The van der Waals surface area contributed by atoms with Crippen molar-refractivity contribution in [2.24, 2.45) is 11.8 Å². The number of rotatable bonds is 3. The molecule has 1 aromatic rings. The molecule has 3 atom stereocenters. The van der Waals surface area contributed by atoms with E-state index in [2.05, 4.69) is 54.4 Å². The average molecular weight is 288 g/mol. The summed E-state index contributed by atoms with van der Waals surface area (Å²) in [4.78, 5) is 2.24. The van der Waals surface area contributed by atoms with Crippen molar-refractivity contribution < 1.29 is 0 Å². The third kappa shape index (κ3) is 2.69. The first-order valence-electron chi connectivity index (χ1n) is 7.80. The van der Waals surface area contributed by atoms with E-state index in [1.165, 1.54) is 31.4 Å². The van der Waals surface area contributed by atoms with E-state index in [1.807, 2.05) is 0 Å². The standard InChI is InChI=1S/C17H24N2S/c1-12(2)19(15-6-4-3-5-7-15)17(20)18-16-11-13-8-9-14(16)10-13/h3-7,12-14,16H,8-11H2,1-2H3,(H,18,20). The predicted molar refractivity (Wildman–Crippen MR) is 89.0 cm³/mol. The van der Waals surface area contributed by atoms with Crippen molar-refractivity contribution in [3.05, 3.63) is 30.3 Å². The van der Waals surface area contributed by atoms with Gasteiger partial charge in [0.1, 0.15) is 0 Å². The predicted octanol–water partition coefficient (Wildman–Crippen LogP) is 3.96.